The molecule has 6 heteroatoms. The molecular formula is C17H21FN2O3. The Morgan fingerprint density at radius 1 is 1.09 bits per heavy atom. The largest absolute Gasteiger partial charge is 0.484 e. The molecule has 2 aliphatic rings. The summed E-state index contributed by atoms with van der Waals surface area (Å²) in [7, 11) is 0. The molecule has 23 heavy (non-hydrogen) atoms. The zero-order chi connectivity index (χ0) is 16.2. The Labute approximate surface area is 134 Å². The van der Waals surface area contributed by atoms with Crippen LogP contribution in [0.5, 0.6) is 5.75 Å². The van der Waals surface area contributed by atoms with E-state index in [1.54, 1.807) is 0 Å². The van der Waals surface area contributed by atoms with Crippen LogP contribution < -0.4 is 15.6 Å². The van der Waals surface area contributed by atoms with Gasteiger partial charge in [0.25, 0.3) is 5.91 Å². The summed E-state index contributed by atoms with van der Waals surface area (Å²) >= 11 is 0. The Morgan fingerprint density at radius 3 is 2.48 bits per heavy atom. The molecule has 124 valence electrons. The third kappa shape index (κ3) is 4.21. The molecule has 3 rings (SSSR count). The van der Waals surface area contributed by atoms with Crippen molar-refractivity contribution in [1.82, 2.24) is 10.9 Å². The first-order chi connectivity index (χ1) is 11.1. The predicted molar refractivity (Wildman–Crippen MR) is 81.7 cm³/mol. The number of ether oxygens (including phenoxy) is 1. The van der Waals surface area contributed by atoms with Gasteiger partial charge in [0.2, 0.25) is 5.91 Å². The standard InChI is InChI=1S/C17H21FN2O3/c18-14-3-5-15(6-4-14)23-10-17(22)20-19-16(21)9-13-8-11-1-2-12(13)7-11/h3-6,11-13H,1-2,7-10H2,(H,19,21)(H,20,22)/t11-,12+,13+/m0/s1. The second-order valence-electron chi connectivity index (χ2n) is 6.48. The monoisotopic (exact) mass is 320 g/mol. The van der Waals surface area contributed by atoms with Crippen molar-refractivity contribution in [1.29, 1.82) is 0 Å². The van der Waals surface area contributed by atoms with Crippen molar-refractivity contribution in [3.63, 3.8) is 0 Å². The maximum atomic E-state index is 12.7. The van der Waals surface area contributed by atoms with Crippen molar-refractivity contribution in [3.05, 3.63) is 30.1 Å². The molecule has 0 unspecified atom stereocenters. The fourth-order valence-corrected chi connectivity index (χ4v) is 3.77. The predicted octanol–water partition coefficient (Wildman–Crippen LogP) is 2.18. The number of carbonyl (C=O) groups excluding carboxylic acids is 2. The minimum absolute atomic E-state index is 0.155. The van der Waals surface area contributed by atoms with Crippen molar-refractivity contribution >= 4 is 11.8 Å². The summed E-state index contributed by atoms with van der Waals surface area (Å²) in [6.07, 6.45) is 5.41. The number of fused-ring (bicyclic) bond motifs is 2. The molecule has 5 nitrogen and oxygen atoms in total. The number of halogens is 1. The molecule has 2 fully saturated rings. The van der Waals surface area contributed by atoms with E-state index in [4.69, 9.17) is 4.74 Å². The van der Waals surface area contributed by atoms with Gasteiger partial charge in [-0.2, -0.15) is 0 Å². The van der Waals surface area contributed by atoms with Crippen LogP contribution in [0, 0.1) is 23.6 Å². The van der Waals surface area contributed by atoms with Gasteiger partial charge in [-0.05, 0) is 61.3 Å². The average Bonchev–Trinajstić information content (AvgIpc) is 3.15. The highest BCUT2D eigenvalue weighted by molar-refractivity contribution is 5.82. The molecule has 2 saturated carbocycles. The molecule has 0 radical (unpaired) electrons. The molecule has 1 aromatic rings. The summed E-state index contributed by atoms with van der Waals surface area (Å²) in [6.45, 7) is -0.236. The van der Waals surface area contributed by atoms with Crippen molar-refractivity contribution in [2.75, 3.05) is 6.61 Å². The van der Waals surface area contributed by atoms with E-state index in [-0.39, 0.29) is 18.3 Å². The molecule has 0 aromatic heterocycles. The van der Waals surface area contributed by atoms with Gasteiger partial charge in [-0.15, -0.1) is 0 Å². The Kier molecular flexibility index (Phi) is 4.79. The molecule has 0 saturated heterocycles. The van der Waals surface area contributed by atoms with Gasteiger partial charge in [0.1, 0.15) is 11.6 Å². The van der Waals surface area contributed by atoms with Crippen molar-refractivity contribution in [2.24, 2.45) is 17.8 Å². The number of rotatable bonds is 5. The fraction of sp³-hybridized carbons (Fsp3) is 0.529. The van der Waals surface area contributed by atoms with Crippen LogP contribution in [0.1, 0.15) is 32.1 Å². The first-order valence-electron chi connectivity index (χ1n) is 8.06. The van der Waals surface area contributed by atoms with Crippen LogP contribution in [-0.4, -0.2) is 18.4 Å². The summed E-state index contributed by atoms with van der Waals surface area (Å²) < 4.78 is 17.9. The molecule has 2 N–H and O–H groups in total. The topological polar surface area (TPSA) is 67.4 Å². The van der Waals surface area contributed by atoms with E-state index in [0.29, 0.717) is 24.0 Å². The number of hydrogen-bond donors (Lipinski definition) is 2. The van der Waals surface area contributed by atoms with Gasteiger partial charge in [0.05, 0.1) is 0 Å². The zero-order valence-electron chi connectivity index (χ0n) is 12.9. The van der Waals surface area contributed by atoms with Gasteiger partial charge in [-0.25, -0.2) is 4.39 Å². The molecular weight excluding hydrogens is 299 g/mol. The second-order valence-corrected chi connectivity index (χ2v) is 6.48. The number of hydrogen-bond acceptors (Lipinski definition) is 3. The molecule has 3 atom stereocenters. The number of nitrogens with one attached hydrogen (secondary N) is 2. The van der Waals surface area contributed by atoms with E-state index in [1.807, 2.05) is 0 Å². The van der Waals surface area contributed by atoms with E-state index in [2.05, 4.69) is 10.9 Å². The van der Waals surface area contributed by atoms with Gasteiger partial charge >= 0.3 is 0 Å². The lowest BCUT2D eigenvalue weighted by molar-refractivity contribution is -0.130. The zero-order valence-corrected chi connectivity index (χ0v) is 12.9. The molecule has 1 aromatic carbocycles. The highest BCUT2D eigenvalue weighted by Crippen LogP contribution is 2.49. The molecule has 0 spiro atoms. The van der Waals surface area contributed by atoms with Gasteiger partial charge in [0, 0.05) is 6.42 Å². The van der Waals surface area contributed by atoms with Gasteiger partial charge < -0.3 is 4.74 Å². The average molecular weight is 320 g/mol. The number of benzene rings is 1. The van der Waals surface area contributed by atoms with E-state index in [0.717, 1.165) is 12.3 Å². The maximum absolute atomic E-state index is 12.7. The summed E-state index contributed by atoms with van der Waals surface area (Å²) in [5.74, 6) is 1.37. The van der Waals surface area contributed by atoms with Crippen LogP contribution in [0.3, 0.4) is 0 Å². The Hall–Kier alpha value is -2.11. The number of amides is 2. The highest BCUT2D eigenvalue weighted by atomic mass is 19.1. The third-order valence-corrected chi connectivity index (χ3v) is 4.86. The first kappa shape index (κ1) is 15.8. The summed E-state index contributed by atoms with van der Waals surface area (Å²) in [4.78, 5) is 23.5. The van der Waals surface area contributed by atoms with Crippen LogP contribution in [0.15, 0.2) is 24.3 Å². The first-order valence-corrected chi connectivity index (χ1v) is 8.06. The van der Waals surface area contributed by atoms with Crippen LogP contribution in [0.25, 0.3) is 0 Å². The maximum Gasteiger partial charge on any atom is 0.276 e. The second kappa shape index (κ2) is 6.98. The smallest absolute Gasteiger partial charge is 0.276 e. The van der Waals surface area contributed by atoms with Crippen molar-refractivity contribution < 1.29 is 18.7 Å². The van der Waals surface area contributed by atoms with E-state index in [9.17, 15) is 14.0 Å². The molecule has 0 aliphatic heterocycles. The van der Waals surface area contributed by atoms with Crippen LogP contribution in [0.2, 0.25) is 0 Å². The Balaban J connectivity index is 1.34. The normalized spacial score (nSPS) is 25.2. The molecule has 2 bridgehead atoms. The lowest BCUT2D eigenvalue weighted by Gasteiger charge is -2.20. The van der Waals surface area contributed by atoms with Gasteiger partial charge in [-0.1, -0.05) is 6.42 Å². The highest BCUT2D eigenvalue weighted by Gasteiger charge is 2.40. The summed E-state index contributed by atoms with van der Waals surface area (Å²) in [5.41, 5.74) is 4.78. The van der Waals surface area contributed by atoms with Crippen LogP contribution in [-0.2, 0) is 9.59 Å². The fourth-order valence-electron chi connectivity index (χ4n) is 3.77. The minimum atomic E-state index is -0.449. The lowest BCUT2D eigenvalue weighted by atomic mass is 9.86. The number of carbonyl (C=O) groups is 2. The third-order valence-electron chi connectivity index (χ3n) is 4.86. The summed E-state index contributed by atoms with van der Waals surface area (Å²) in [5, 5.41) is 0. The van der Waals surface area contributed by atoms with Crippen molar-refractivity contribution in [3.8, 4) is 5.75 Å². The lowest BCUT2D eigenvalue weighted by Crippen LogP contribution is -2.44. The minimum Gasteiger partial charge on any atom is -0.484 e. The van der Waals surface area contributed by atoms with Crippen LogP contribution >= 0.6 is 0 Å². The molecule has 0 heterocycles. The number of hydrazine groups is 1. The summed E-state index contributed by atoms with van der Waals surface area (Å²) in [6, 6.07) is 5.39. The van der Waals surface area contributed by atoms with E-state index >= 15 is 0 Å². The molecule has 2 amide bonds. The van der Waals surface area contributed by atoms with Crippen LogP contribution in [0.4, 0.5) is 4.39 Å². The SMILES string of the molecule is O=C(COc1ccc(F)cc1)NNC(=O)C[C@H]1C[C@H]2CC[C@@H]1C2. The van der Waals surface area contributed by atoms with Gasteiger partial charge in [-0.3, -0.25) is 20.4 Å². The van der Waals surface area contributed by atoms with Crippen molar-refractivity contribution in [2.45, 2.75) is 32.1 Å². The Morgan fingerprint density at radius 2 is 1.83 bits per heavy atom. The van der Waals surface area contributed by atoms with E-state index in [1.165, 1.54) is 43.5 Å². The quantitative estimate of drug-likeness (QED) is 0.817. The van der Waals surface area contributed by atoms with Gasteiger partial charge in [0.15, 0.2) is 6.61 Å². The Bertz CT molecular complexity index is 576. The van der Waals surface area contributed by atoms with E-state index < -0.39 is 5.91 Å². The molecule has 2 aliphatic carbocycles.